The molecule has 68 valence electrons. The number of carbonyl (C=O) groups is 2. The van der Waals surface area contributed by atoms with Gasteiger partial charge >= 0.3 is 5.97 Å². The number of nitrogens with one attached hydrogen (secondary N) is 1. The van der Waals surface area contributed by atoms with E-state index in [0.29, 0.717) is 12.8 Å². The molecular weight excluding hydrogens is 158 g/mol. The van der Waals surface area contributed by atoms with Crippen LogP contribution in [0.5, 0.6) is 0 Å². The Morgan fingerprint density at radius 1 is 1.67 bits per heavy atom. The summed E-state index contributed by atoms with van der Waals surface area (Å²) in [4.78, 5) is 20.9. The average Bonchev–Trinajstić information content (AvgIpc) is 2.35. The number of carboxylic acids is 1. The Labute approximate surface area is 71.0 Å². The van der Waals surface area contributed by atoms with Crippen LogP contribution >= 0.6 is 0 Å². The van der Waals surface area contributed by atoms with Gasteiger partial charge in [-0.2, -0.15) is 0 Å². The third-order valence-electron chi connectivity index (χ3n) is 2.03. The van der Waals surface area contributed by atoms with Crippen molar-refractivity contribution in [1.82, 2.24) is 5.32 Å². The number of carbonyl (C=O) groups excluding carboxylic acids is 1. The molecule has 1 rings (SSSR count). The van der Waals surface area contributed by atoms with Crippen molar-refractivity contribution < 1.29 is 14.7 Å². The van der Waals surface area contributed by atoms with E-state index in [0.717, 1.165) is 12.8 Å². The molecule has 0 saturated carbocycles. The molecule has 1 aliphatic rings. The quantitative estimate of drug-likeness (QED) is 0.648. The standard InChI is InChI=1S/C8H13NO3/c10-7-5-4-6(9-7)2-1-3-8(11)12/h6H,1-5H2,(H,9,10)(H,11,12)/t6-/m0/s1. The molecule has 0 bridgehead atoms. The first-order valence-electron chi connectivity index (χ1n) is 4.19. The Morgan fingerprint density at radius 3 is 2.92 bits per heavy atom. The second-order valence-corrected chi connectivity index (χ2v) is 3.09. The van der Waals surface area contributed by atoms with Gasteiger partial charge in [0.15, 0.2) is 0 Å². The van der Waals surface area contributed by atoms with Gasteiger partial charge in [-0.25, -0.2) is 0 Å². The monoisotopic (exact) mass is 171 g/mol. The third-order valence-corrected chi connectivity index (χ3v) is 2.03. The van der Waals surface area contributed by atoms with Gasteiger partial charge in [0.2, 0.25) is 5.91 Å². The minimum absolute atomic E-state index is 0.0929. The molecule has 2 N–H and O–H groups in total. The molecule has 1 fully saturated rings. The summed E-state index contributed by atoms with van der Waals surface area (Å²) in [6, 6.07) is 0.219. The van der Waals surface area contributed by atoms with E-state index in [1.165, 1.54) is 0 Å². The van der Waals surface area contributed by atoms with Crippen LogP contribution in [-0.2, 0) is 9.59 Å². The number of hydrogen-bond donors (Lipinski definition) is 2. The highest BCUT2D eigenvalue weighted by Gasteiger charge is 2.19. The molecule has 1 atom stereocenters. The summed E-state index contributed by atoms with van der Waals surface area (Å²) < 4.78 is 0. The van der Waals surface area contributed by atoms with Crippen LogP contribution in [0.4, 0.5) is 0 Å². The van der Waals surface area contributed by atoms with E-state index in [-0.39, 0.29) is 18.4 Å². The Morgan fingerprint density at radius 2 is 2.42 bits per heavy atom. The van der Waals surface area contributed by atoms with Gasteiger partial charge in [-0.15, -0.1) is 0 Å². The smallest absolute Gasteiger partial charge is 0.303 e. The van der Waals surface area contributed by atoms with Crippen LogP contribution in [0.3, 0.4) is 0 Å². The molecule has 0 aliphatic carbocycles. The van der Waals surface area contributed by atoms with Gasteiger partial charge in [0.25, 0.3) is 0 Å². The largest absolute Gasteiger partial charge is 0.481 e. The number of amides is 1. The summed E-state index contributed by atoms with van der Waals surface area (Å²) in [5.41, 5.74) is 0. The van der Waals surface area contributed by atoms with Crippen LogP contribution in [0.2, 0.25) is 0 Å². The zero-order valence-electron chi connectivity index (χ0n) is 6.88. The Balaban J connectivity index is 2.08. The van der Waals surface area contributed by atoms with Gasteiger partial charge in [0, 0.05) is 18.9 Å². The highest BCUT2D eigenvalue weighted by atomic mass is 16.4. The van der Waals surface area contributed by atoms with Crippen LogP contribution in [0, 0.1) is 0 Å². The first-order chi connectivity index (χ1) is 5.68. The van der Waals surface area contributed by atoms with Crippen molar-refractivity contribution in [3.63, 3.8) is 0 Å². The normalized spacial score (nSPS) is 22.3. The summed E-state index contributed by atoms with van der Waals surface area (Å²) in [6.45, 7) is 0. The van der Waals surface area contributed by atoms with Gasteiger partial charge in [-0.1, -0.05) is 0 Å². The van der Waals surface area contributed by atoms with Crippen LogP contribution < -0.4 is 5.32 Å². The molecule has 0 spiro atoms. The van der Waals surface area contributed by atoms with Crippen molar-refractivity contribution in [3.8, 4) is 0 Å². The molecule has 0 aromatic heterocycles. The molecule has 1 amide bonds. The van der Waals surface area contributed by atoms with E-state index in [2.05, 4.69) is 5.32 Å². The van der Waals surface area contributed by atoms with Crippen molar-refractivity contribution in [1.29, 1.82) is 0 Å². The Kier molecular flexibility index (Phi) is 3.08. The Hall–Kier alpha value is -1.06. The minimum atomic E-state index is -0.765. The summed E-state index contributed by atoms with van der Waals surface area (Å²) >= 11 is 0. The second-order valence-electron chi connectivity index (χ2n) is 3.09. The molecule has 1 heterocycles. The maximum atomic E-state index is 10.7. The van der Waals surface area contributed by atoms with Crippen molar-refractivity contribution in [2.45, 2.75) is 38.1 Å². The fourth-order valence-electron chi connectivity index (χ4n) is 1.39. The van der Waals surface area contributed by atoms with Gasteiger partial charge in [-0.05, 0) is 19.3 Å². The fraction of sp³-hybridized carbons (Fsp3) is 0.750. The molecule has 4 nitrogen and oxygen atoms in total. The van der Waals surface area contributed by atoms with Gasteiger partial charge in [0.05, 0.1) is 0 Å². The summed E-state index contributed by atoms with van der Waals surface area (Å²) in [6.07, 6.45) is 3.10. The van der Waals surface area contributed by atoms with Crippen LogP contribution in [0.15, 0.2) is 0 Å². The molecule has 1 saturated heterocycles. The van der Waals surface area contributed by atoms with Crippen molar-refractivity contribution >= 4 is 11.9 Å². The fourth-order valence-corrected chi connectivity index (χ4v) is 1.39. The molecule has 12 heavy (non-hydrogen) atoms. The topological polar surface area (TPSA) is 66.4 Å². The predicted molar refractivity (Wildman–Crippen MR) is 42.7 cm³/mol. The molecule has 0 aromatic carbocycles. The predicted octanol–water partition coefficient (Wildman–Crippen LogP) is 0.520. The summed E-state index contributed by atoms with van der Waals surface area (Å²) in [7, 11) is 0. The summed E-state index contributed by atoms with van der Waals surface area (Å²) in [5.74, 6) is -0.672. The maximum Gasteiger partial charge on any atom is 0.303 e. The lowest BCUT2D eigenvalue weighted by Gasteiger charge is -2.07. The van der Waals surface area contributed by atoms with E-state index in [1.54, 1.807) is 0 Å². The molecule has 1 aliphatic heterocycles. The van der Waals surface area contributed by atoms with E-state index in [4.69, 9.17) is 5.11 Å². The molecular formula is C8H13NO3. The van der Waals surface area contributed by atoms with Crippen molar-refractivity contribution in [2.75, 3.05) is 0 Å². The van der Waals surface area contributed by atoms with Gasteiger partial charge < -0.3 is 10.4 Å². The molecule has 0 aromatic rings. The molecule has 4 heteroatoms. The average molecular weight is 171 g/mol. The minimum Gasteiger partial charge on any atom is -0.481 e. The highest BCUT2D eigenvalue weighted by molar-refractivity contribution is 5.78. The second kappa shape index (κ2) is 4.09. The van der Waals surface area contributed by atoms with Gasteiger partial charge in [-0.3, -0.25) is 9.59 Å². The van der Waals surface area contributed by atoms with Crippen LogP contribution in [-0.4, -0.2) is 23.0 Å². The zero-order chi connectivity index (χ0) is 8.97. The third kappa shape index (κ3) is 2.90. The zero-order valence-corrected chi connectivity index (χ0v) is 6.88. The number of hydrogen-bond acceptors (Lipinski definition) is 2. The SMILES string of the molecule is O=C(O)CCC[C@H]1CCC(=O)N1. The number of rotatable bonds is 4. The Bertz CT molecular complexity index is 191. The van der Waals surface area contributed by atoms with E-state index in [9.17, 15) is 9.59 Å². The van der Waals surface area contributed by atoms with Crippen molar-refractivity contribution in [3.05, 3.63) is 0 Å². The lowest BCUT2D eigenvalue weighted by atomic mass is 10.1. The van der Waals surface area contributed by atoms with Crippen molar-refractivity contribution in [2.24, 2.45) is 0 Å². The highest BCUT2D eigenvalue weighted by Crippen LogP contribution is 2.12. The number of carboxylic acid groups (broad SMARTS) is 1. The first-order valence-corrected chi connectivity index (χ1v) is 4.19. The summed E-state index contributed by atoms with van der Waals surface area (Å²) in [5, 5.41) is 11.1. The lowest BCUT2D eigenvalue weighted by molar-refractivity contribution is -0.137. The molecule has 0 unspecified atom stereocenters. The van der Waals surface area contributed by atoms with E-state index in [1.807, 2.05) is 0 Å². The van der Waals surface area contributed by atoms with E-state index < -0.39 is 5.97 Å². The first kappa shape index (κ1) is 9.03. The van der Waals surface area contributed by atoms with E-state index >= 15 is 0 Å². The van der Waals surface area contributed by atoms with Gasteiger partial charge in [0.1, 0.15) is 0 Å². The van der Waals surface area contributed by atoms with Crippen LogP contribution in [0.1, 0.15) is 32.1 Å². The lowest BCUT2D eigenvalue weighted by Crippen LogP contribution is -2.25. The van der Waals surface area contributed by atoms with Crippen LogP contribution in [0.25, 0.3) is 0 Å². The number of aliphatic carboxylic acids is 1. The molecule has 0 radical (unpaired) electrons. The maximum absolute atomic E-state index is 10.7.